The molecule has 0 spiro atoms. The number of amides is 1. The molecule has 0 aliphatic carbocycles. The van der Waals surface area contributed by atoms with Gasteiger partial charge < -0.3 is 14.4 Å². The highest BCUT2D eigenvalue weighted by molar-refractivity contribution is 7.89. The molecule has 9 heteroatoms. The highest BCUT2D eigenvalue weighted by atomic mass is 32.2. The highest BCUT2D eigenvalue weighted by Gasteiger charge is 2.19. The minimum absolute atomic E-state index is 0.0333. The van der Waals surface area contributed by atoms with E-state index in [4.69, 9.17) is 9.47 Å². The van der Waals surface area contributed by atoms with Crippen LogP contribution in [0.15, 0.2) is 47.4 Å². The molecule has 27 heavy (non-hydrogen) atoms. The van der Waals surface area contributed by atoms with Crippen molar-refractivity contribution in [1.29, 1.82) is 0 Å². The van der Waals surface area contributed by atoms with Crippen molar-refractivity contribution in [2.75, 3.05) is 32.2 Å². The van der Waals surface area contributed by atoms with E-state index in [1.807, 2.05) is 0 Å². The van der Waals surface area contributed by atoms with Gasteiger partial charge in [0.1, 0.15) is 17.3 Å². The number of nitrogens with one attached hydrogen (secondary N) is 1. The second-order valence-corrected chi connectivity index (χ2v) is 7.33. The van der Waals surface area contributed by atoms with Crippen LogP contribution < -0.4 is 19.1 Å². The normalized spacial score (nSPS) is 11.1. The zero-order valence-electron chi connectivity index (χ0n) is 15.2. The predicted molar refractivity (Wildman–Crippen MR) is 99.2 cm³/mol. The summed E-state index contributed by atoms with van der Waals surface area (Å²) in [5, 5.41) is 0. The van der Waals surface area contributed by atoms with Crippen LogP contribution >= 0.6 is 0 Å². The van der Waals surface area contributed by atoms with Gasteiger partial charge in [-0.1, -0.05) is 0 Å². The molecule has 7 nitrogen and oxygen atoms in total. The summed E-state index contributed by atoms with van der Waals surface area (Å²) in [6.07, 6.45) is 0. The molecule has 146 valence electrons. The third-order valence-corrected chi connectivity index (χ3v) is 5.29. The number of hydrogen-bond acceptors (Lipinski definition) is 5. The summed E-state index contributed by atoms with van der Waals surface area (Å²) < 4.78 is 50.3. The lowest BCUT2D eigenvalue weighted by Crippen LogP contribution is -2.37. The Morgan fingerprint density at radius 2 is 1.78 bits per heavy atom. The van der Waals surface area contributed by atoms with Crippen LogP contribution in [0.5, 0.6) is 11.5 Å². The van der Waals surface area contributed by atoms with Gasteiger partial charge in [0.25, 0.3) is 0 Å². The Kier molecular flexibility index (Phi) is 6.75. The lowest BCUT2D eigenvalue weighted by molar-refractivity contribution is -0.116. The summed E-state index contributed by atoms with van der Waals surface area (Å²) >= 11 is 0. The first-order valence-electron chi connectivity index (χ1n) is 8.04. The van der Waals surface area contributed by atoms with E-state index in [2.05, 4.69) is 4.72 Å². The van der Waals surface area contributed by atoms with Gasteiger partial charge >= 0.3 is 0 Å². The number of rotatable bonds is 8. The van der Waals surface area contributed by atoms with Crippen molar-refractivity contribution >= 4 is 21.6 Å². The molecule has 0 aliphatic rings. The maximum Gasteiger partial charge on any atom is 0.240 e. The molecular formula is C18H21FN2O5S. The van der Waals surface area contributed by atoms with Crippen LogP contribution in [0.1, 0.15) is 6.92 Å². The number of benzene rings is 2. The molecular weight excluding hydrogens is 375 g/mol. The van der Waals surface area contributed by atoms with Crippen LogP contribution in [0.4, 0.5) is 10.1 Å². The highest BCUT2D eigenvalue weighted by Crippen LogP contribution is 2.32. The van der Waals surface area contributed by atoms with E-state index in [0.717, 1.165) is 12.1 Å². The molecule has 0 saturated carbocycles. The van der Waals surface area contributed by atoms with Crippen molar-refractivity contribution in [1.82, 2.24) is 4.72 Å². The number of carbonyl (C=O) groups is 1. The average molecular weight is 396 g/mol. The standard InChI is InChI=1S/C18H21FN2O5S/c1-13(22)21(17-9-6-15(25-2)12-18(17)26-3)11-10-20-27(23,24)16-7-4-14(19)5-8-16/h4-9,12,20H,10-11H2,1-3H3. The van der Waals surface area contributed by atoms with E-state index in [0.29, 0.717) is 17.2 Å². The number of nitrogens with zero attached hydrogens (tertiary/aromatic N) is 1. The number of carbonyl (C=O) groups excluding carboxylic acids is 1. The van der Waals surface area contributed by atoms with Crippen LogP contribution in [0.3, 0.4) is 0 Å². The Hall–Kier alpha value is -2.65. The van der Waals surface area contributed by atoms with E-state index in [1.165, 1.54) is 38.2 Å². The van der Waals surface area contributed by atoms with Crippen molar-refractivity contribution in [3.8, 4) is 11.5 Å². The van der Waals surface area contributed by atoms with E-state index in [-0.39, 0.29) is 23.9 Å². The molecule has 0 aromatic heterocycles. The van der Waals surface area contributed by atoms with Gasteiger partial charge in [-0.25, -0.2) is 17.5 Å². The summed E-state index contributed by atoms with van der Waals surface area (Å²) in [7, 11) is -0.831. The summed E-state index contributed by atoms with van der Waals surface area (Å²) in [4.78, 5) is 13.4. The van der Waals surface area contributed by atoms with Crippen LogP contribution in [0, 0.1) is 5.82 Å². The summed E-state index contributed by atoms with van der Waals surface area (Å²) in [5.74, 6) is 0.185. The molecule has 1 N–H and O–H groups in total. The molecule has 2 aromatic rings. The zero-order valence-corrected chi connectivity index (χ0v) is 16.0. The van der Waals surface area contributed by atoms with Gasteiger partial charge in [-0.3, -0.25) is 4.79 Å². The Morgan fingerprint density at radius 3 is 2.33 bits per heavy atom. The van der Waals surface area contributed by atoms with E-state index in [1.54, 1.807) is 18.2 Å². The van der Waals surface area contributed by atoms with Gasteiger partial charge in [-0.15, -0.1) is 0 Å². The van der Waals surface area contributed by atoms with Gasteiger partial charge in [-0.2, -0.15) is 0 Å². The number of methoxy groups -OCH3 is 2. The molecule has 2 rings (SSSR count). The fourth-order valence-corrected chi connectivity index (χ4v) is 3.47. The lowest BCUT2D eigenvalue weighted by atomic mass is 10.2. The predicted octanol–water partition coefficient (Wildman–Crippen LogP) is 2.17. The third kappa shape index (κ3) is 5.18. The Balaban J connectivity index is 2.14. The monoisotopic (exact) mass is 396 g/mol. The molecule has 0 heterocycles. The Labute approximate surface area is 157 Å². The molecule has 0 bridgehead atoms. The summed E-state index contributed by atoms with van der Waals surface area (Å²) in [6.45, 7) is 1.42. The molecule has 0 unspecified atom stereocenters. The van der Waals surface area contributed by atoms with E-state index >= 15 is 0 Å². The fourth-order valence-electron chi connectivity index (χ4n) is 2.44. The van der Waals surface area contributed by atoms with Gasteiger partial charge in [0, 0.05) is 26.1 Å². The Bertz CT molecular complexity index is 900. The van der Waals surface area contributed by atoms with Crippen molar-refractivity contribution in [2.24, 2.45) is 0 Å². The van der Waals surface area contributed by atoms with Crippen molar-refractivity contribution in [2.45, 2.75) is 11.8 Å². The van der Waals surface area contributed by atoms with Gasteiger partial charge in [0.05, 0.1) is 24.8 Å². The van der Waals surface area contributed by atoms with Crippen LogP contribution in [-0.4, -0.2) is 41.6 Å². The minimum atomic E-state index is -3.81. The largest absolute Gasteiger partial charge is 0.497 e. The summed E-state index contributed by atoms with van der Waals surface area (Å²) in [5.41, 5.74) is 0.492. The maximum absolute atomic E-state index is 13.0. The smallest absolute Gasteiger partial charge is 0.240 e. The van der Waals surface area contributed by atoms with Crippen LogP contribution in [0.25, 0.3) is 0 Å². The zero-order chi connectivity index (χ0) is 20.0. The number of halogens is 1. The molecule has 1 amide bonds. The molecule has 0 fully saturated rings. The van der Waals surface area contributed by atoms with Crippen LogP contribution in [-0.2, 0) is 14.8 Å². The molecule has 0 radical (unpaired) electrons. The Morgan fingerprint density at radius 1 is 1.11 bits per heavy atom. The number of ether oxygens (including phenoxy) is 2. The first-order valence-corrected chi connectivity index (χ1v) is 9.52. The number of sulfonamides is 1. The van der Waals surface area contributed by atoms with Crippen molar-refractivity contribution in [3.63, 3.8) is 0 Å². The minimum Gasteiger partial charge on any atom is -0.497 e. The van der Waals surface area contributed by atoms with Gasteiger partial charge in [0.15, 0.2) is 0 Å². The van der Waals surface area contributed by atoms with Crippen molar-refractivity contribution in [3.05, 3.63) is 48.3 Å². The topological polar surface area (TPSA) is 84.9 Å². The molecule has 0 aliphatic heterocycles. The lowest BCUT2D eigenvalue weighted by Gasteiger charge is -2.23. The van der Waals surface area contributed by atoms with Crippen LogP contribution in [0.2, 0.25) is 0 Å². The molecule has 2 aromatic carbocycles. The average Bonchev–Trinajstić information content (AvgIpc) is 2.65. The second-order valence-electron chi connectivity index (χ2n) is 5.56. The fraction of sp³-hybridized carbons (Fsp3) is 0.278. The van der Waals surface area contributed by atoms with Crippen molar-refractivity contribution < 1.29 is 27.1 Å². The van der Waals surface area contributed by atoms with Gasteiger partial charge in [-0.05, 0) is 36.4 Å². The number of hydrogen-bond donors (Lipinski definition) is 1. The second kappa shape index (κ2) is 8.83. The number of anilines is 1. The van der Waals surface area contributed by atoms with Gasteiger partial charge in [0.2, 0.25) is 15.9 Å². The quantitative estimate of drug-likeness (QED) is 0.739. The first kappa shape index (κ1) is 20.7. The SMILES string of the molecule is COc1ccc(N(CCNS(=O)(=O)c2ccc(F)cc2)C(C)=O)c(OC)c1. The third-order valence-electron chi connectivity index (χ3n) is 3.81. The first-order chi connectivity index (χ1) is 12.8. The summed E-state index contributed by atoms with van der Waals surface area (Å²) in [6, 6.07) is 9.45. The molecule has 0 saturated heterocycles. The van der Waals surface area contributed by atoms with E-state index in [9.17, 15) is 17.6 Å². The maximum atomic E-state index is 13.0. The molecule has 0 atom stereocenters. The van der Waals surface area contributed by atoms with E-state index < -0.39 is 15.8 Å².